The van der Waals surface area contributed by atoms with E-state index in [1.807, 2.05) is 25.6 Å². The molecule has 4 rings (SSSR count). The molecule has 0 amide bonds. The molecule has 0 saturated heterocycles. The lowest BCUT2D eigenvalue weighted by Crippen LogP contribution is -2.52. The normalized spacial score (nSPS) is 44.5. The van der Waals surface area contributed by atoms with Crippen LogP contribution in [0.1, 0.15) is 79.6 Å². The van der Waals surface area contributed by atoms with Crippen LogP contribution >= 0.6 is 11.8 Å². The van der Waals surface area contributed by atoms with Gasteiger partial charge in [-0.1, -0.05) is 44.1 Å². The van der Waals surface area contributed by atoms with E-state index in [2.05, 4.69) is 32.9 Å². The number of aliphatic hydroxyl groups excluding tert-OH is 2. The number of fused-ring (bicyclic) bond motifs is 5. The molecule has 170 valence electrons. The molecule has 4 aliphatic carbocycles. The summed E-state index contributed by atoms with van der Waals surface area (Å²) < 4.78 is 0. The van der Waals surface area contributed by atoms with Gasteiger partial charge in [0, 0.05) is 17.1 Å². The van der Waals surface area contributed by atoms with E-state index in [1.165, 1.54) is 24.8 Å². The highest BCUT2D eigenvalue weighted by Crippen LogP contribution is 2.66. The Labute approximate surface area is 187 Å². The Bertz CT molecular complexity index is 722. The third-order valence-electron chi connectivity index (χ3n) is 9.38. The maximum Gasteiger partial charge on any atom is 0.0661 e. The van der Waals surface area contributed by atoms with Gasteiger partial charge in [-0.2, -0.15) is 11.8 Å². The van der Waals surface area contributed by atoms with Gasteiger partial charge in [0.05, 0.1) is 17.8 Å². The second-order valence-corrected chi connectivity index (χ2v) is 13.2. The first kappa shape index (κ1) is 22.9. The standard InChI is InChI=1S/C26H42O3S/c1-16(30-13-12-24(2,3)29)20-8-9-21-19-7-6-17-14-18(27)15-23(28)26(17,5)22(19)10-11-25(20,21)4/h6-7,16,18,20-23,27-29H,8-15H2,1-5H3/t16-,18+,20+,21-,22-,23-,25+,26-/m0/s1. The molecular weight excluding hydrogens is 392 g/mol. The number of rotatable bonds is 5. The van der Waals surface area contributed by atoms with Crippen LogP contribution in [-0.4, -0.2) is 44.1 Å². The summed E-state index contributed by atoms with van der Waals surface area (Å²) in [6.45, 7) is 11.0. The van der Waals surface area contributed by atoms with Crippen molar-refractivity contribution in [3.8, 4) is 0 Å². The highest BCUT2D eigenvalue weighted by molar-refractivity contribution is 7.99. The largest absolute Gasteiger partial charge is 0.393 e. The molecule has 0 heterocycles. The SMILES string of the molecule is C[C@H](SCCC(C)(C)O)[C@H]1CC[C@H]2C3=CC=C4C[C@@H](O)C[C@H](O)[C@]4(C)[C@H]3CC[C@]12C. The molecule has 3 fully saturated rings. The number of thioether (sulfide) groups is 1. The van der Waals surface area contributed by atoms with E-state index in [4.69, 9.17) is 0 Å². The number of hydrogen-bond acceptors (Lipinski definition) is 4. The molecule has 0 bridgehead atoms. The van der Waals surface area contributed by atoms with Gasteiger partial charge in [0.15, 0.2) is 0 Å². The van der Waals surface area contributed by atoms with Gasteiger partial charge in [-0.15, -0.1) is 0 Å². The fraction of sp³-hybridized carbons (Fsp3) is 0.846. The summed E-state index contributed by atoms with van der Waals surface area (Å²) in [6.07, 6.45) is 10.8. The van der Waals surface area contributed by atoms with Crippen LogP contribution < -0.4 is 0 Å². The zero-order chi connectivity index (χ0) is 21.9. The lowest BCUT2D eigenvalue weighted by molar-refractivity contribution is -0.0526. The van der Waals surface area contributed by atoms with Crippen LogP contribution in [0.3, 0.4) is 0 Å². The van der Waals surface area contributed by atoms with Crippen molar-refractivity contribution in [2.24, 2.45) is 28.6 Å². The van der Waals surface area contributed by atoms with Gasteiger partial charge < -0.3 is 15.3 Å². The molecule has 0 aromatic heterocycles. The molecule has 4 heteroatoms. The Morgan fingerprint density at radius 2 is 1.87 bits per heavy atom. The second-order valence-electron chi connectivity index (χ2n) is 11.7. The van der Waals surface area contributed by atoms with Crippen LogP contribution in [0.5, 0.6) is 0 Å². The molecule has 0 unspecified atom stereocenters. The first-order valence-electron chi connectivity index (χ1n) is 12.1. The molecule has 8 atom stereocenters. The van der Waals surface area contributed by atoms with Crippen molar-refractivity contribution in [1.82, 2.24) is 0 Å². The summed E-state index contributed by atoms with van der Waals surface area (Å²) >= 11 is 2.04. The topological polar surface area (TPSA) is 60.7 Å². The Kier molecular flexibility index (Phi) is 6.05. The minimum Gasteiger partial charge on any atom is -0.393 e. The average molecular weight is 435 g/mol. The van der Waals surface area contributed by atoms with E-state index in [0.717, 1.165) is 18.6 Å². The highest BCUT2D eigenvalue weighted by Gasteiger charge is 2.58. The molecule has 4 aliphatic rings. The molecule has 0 aromatic carbocycles. The first-order chi connectivity index (χ1) is 14.0. The van der Waals surface area contributed by atoms with Gasteiger partial charge in [0.2, 0.25) is 0 Å². The highest BCUT2D eigenvalue weighted by atomic mass is 32.2. The van der Waals surface area contributed by atoms with Crippen molar-refractivity contribution in [2.45, 2.75) is 103 Å². The molecular formula is C26H42O3S. The van der Waals surface area contributed by atoms with Crippen molar-refractivity contribution in [3.05, 3.63) is 23.3 Å². The lowest BCUT2D eigenvalue weighted by Gasteiger charge is -2.56. The van der Waals surface area contributed by atoms with Crippen molar-refractivity contribution in [1.29, 1.82) is 0 Å². The summed E-state index contributed by atoms with van der Waals surface area (Å²) in [5, 5.41) is 31.9. The minimum atomic E-state index is -0.576. The van der Waals surface area contributed by atoms with Gasteiger partial charge >= 0.3 is 0 Å². The fourth-order valence-electron chi connectivity index (χ4n) is 7.47. The average Bonchev–Trinajstić information content (AvgIpc) is 2.99. The number of hydrogen-bond donors (Lipinski definition) is 3. The zero-order valence-corrected chi connectivity index (χ0v) is 20.3. The maximum atomic E-state index is 11.0. The molecule has 0 spiro atoms. The van der Waals surface area contributed by atoms with Crippen molar-refractivity contribution in [2.75, 3.05) is 5.75 Å². The number of aliphatic hydroxyl groups is 3. The van der Waals surface area contributed by atoms with Crippen LogP contribution in [0.15, 0.2) is 23.3 Å². The van der Waals surface area contributed by atoms with E-state index in [9.17, 15) is 15.3 Å². The molecule has 30 heavy (non-hydrogen) atoms. The maximum absolute atomic E-state index is 11.0. The lowest BCUT2D eigenvalue weighted by atomic mass is 9.49. The molecule has 3 N–H and O–H groups in total. The summed E-state index contributed by atoms with van der Waals surface area (Å²) in [6, 6.07) is 0. The third kappa shape index (κ3) is 3.74. The summed E-state index contributed by atoms with van der Waals surface area (Å²) in [7, 11) is 0. The van der Waals surface area contributed by atoms with Crippen LogP contribution in [-0.2, 0) is 0 Å². The van der Waals surface area contributed by atoms with Gasteiger partial charge in [-0.05, 0) is 81.3 Å². The zero-order valence-electron chi connectivity index (χ0n) is 19.5. The summed E-state index contributed by atoms with van der Waals surface area (Å²) in [5.74, 6) is 2.78. The van der Waals surface area contributed by atoms with E-state index in [1.54, 1.807) is 5.57 Å². The van der Waals surface area contributed by atoms with Crippen molar-refractivity contribution < 1.29 is 15.3 Å². The van der Waals surface area contributed by atoms with Gasteiger partial charge in [-0.25, -0.2) is 0 Å². The Balaban J connectivity index is 1.53. The molecule has 0 radical (unpaired) electrons. The Morgan fingerprint density at radius 1 is 1.13 bits per heavy atom. The van der Waals surface area contributed by atoms with Crippen LogP contribution in [0, 0.1) is 28.6 Å². The molecule has 0 aromatic rings. The fourth-order valence-corrected chi connectivity index (χ4v) is 9.14. The van der Waals surface area contributed by atoms with Crippen molar-refractivity contribution in [3.63, 3.8) is 0 Å². The van der Waals surface area contributed by atoms with Crippen molar-refractivity contribution >= 4 is 11.8 Å². The third-order valence-corrected chi connectivity index (χ3v) is 10.7. The number of allylic oxidation sites excluding steroid dienone is 3. The van der Waals surface area contributed by atoms with E-state index in [-0.39, 0.29) is 5.41 Å². The first-order valence-corrected chi connectivity index (χ1v) is 13.1. The monoisotopic (exact) mass is 434 g/mol. The predicted octanol–water partition coefficient (Wildman–Crippen LogP) is 5.10. The second kappa shape index (κ2) is 7.93. The van der Waals surface area contributed by atoms with Gasteiger partial charge in [0.25, 0.3) is 0 Å². The molecule has 0 aliphatic heterocycles. The predicted molar refractivity (Wildman–Crippen MR) is 125 cm³/mol. The van der Waals surface area contributed by atoms with Gasteiger partial charge in [0.1, 0.15) is 0 Å². The smallest absolute Gasteiger partial charge is 0.0661 e. The van der Waals surface area contributed by atoms with E-state index in [0.29, 0.717) is 41.3 Å². The molecule has 3 saturated carbocycles. The molecule has 3 nitrogen and oxygen atoms in total. The summed E-state index contributed by atoms with van der Waals surface area (Å²) in [5.41, 5.74) is 2.41. The van der Waals surface area contributed by atoms with Crippen LogP contribution in [0.2, 0.25) is 0 Å². The van der Waals surface area contributed by atoms with Crippen LogP contribution in [0.25, 0.3) is 0 Å². The van der Waals surface area contributed by atoms with Gasteiger partial charge in [-0.3, -0.25) is 0 Å². The minimum absolute atomic E-state index is 0.199. The van der Waals surface area contributed by atoms with Crippen LogP contribution in [0.4, 0.5) is 0 Å². The Morgan fingerprint density at radius 3 is 2.57 bits per heavy atom. The van der Waals surface area contributed by atoms with E-state index >= 15 is 0 Å². The quantitative estimate of drug-likeness (QED) is 0.563. The van der Waals surface area contributed by atoms with E-state index < -0.39 is 17.8 Å². The summed E-state index contributed by atoms with van der Waals surface area (Å²) in [4.78, 5) is 0. The Hall–Kier alpha value is -0.290.